The quantitative estimate of drug-likeness (QED) is 0.778. The summed E-state index contributed by atoms with van der Waals surface area (Å²) in [7, 11) is 0. The average Bonchev–Trinajstić information content (AvgIpc) is 2.65. The maximum atomic E-state index is 11.6. The number of carbonyl (C=O) groups is 1. The van der Waals surface area contributed by atoms with Crippen molar-refractivity contribution in [2.45, 2.75) is 39.8 Å². The number of hydrogen-bond acceptors (Lipinski definition) is 3. The van der Waals surface area contributed by atoms with E-state index in [0.717, 1.165) is 18.5 Å². The molecule has 5 heteroatoms. The van der Waals surface area contributed by atoms with E-state index in [-0.39, 0.29) is 18.5 Å². The van der Waals surface area contributed by atoms with Gasteiger partial charge in [-0.2, -0.15) is 5.10 Å². The fraction of sp³-hybridized carbons (Fsp3) is 0.667. The molecule has 17 heavy (non-hydrogen) atoms. The zero-order chi connectivity index (χ0) is 12.8. The van der Waals surface area contributed by atoms with Crippen LogP contribution < -0.4 is 11.1 Å². The van der Waals surface area contributed by atoms with Crippen molar-refractivity contribution < 1.29 is 4.79 Å². The van der Waals surface area contributed by atoms with Crippen molar-refractivity contribution >= 4 is 5.91 Å². The van der Waals surface area contributed by atoms with Crippen molar-refractivity contribution in [1.29, 1.82) is 0 Å². The van der Waals surface area contributed by atoms with Gasteiger partial charge < -0.3 is 11.1 Å². The molecule has 0 spiro atoms. The van der Waals surface area contributed by atoms with Crippen molar-refractivity contribution in [2.24, 2.45) is 11.7 Å². The van der Waals surface area contributed by atoms with Gasteiger partial charge in [0.25, 0.3) is 0 Å². The fourth-order valence-electron chi connectivity index (χ4n) is 1.40. The Kier molecular flexibility index (Phi) is 5.15. The number of aromatic nitrogens is 2. The number of hydrogen-bond donors (Lipinski definition) is 2. The molecule has 0 saturated heterocycles. The lowest BCUT2D eigenvalue weighted by molar-refractivity contribution is -0.121. The number of rotatable bonds is 6. The highest BCUT2D eigenvalue weighted by atomic mass is 16.2. The lowest BCUT2D eigenvalue weighted by atomic mass is 10.1. The maximum Gasteiger partial charge on any atom is 0.241 e. The first kappa shape index (κ1) is 13.7. The summed E-state index contributed by atoms with van der Waals surface area (Å²) in [5, 5.41) is 6.97. The molecular formula is C12H22N4O. The molecule has 1 rings (SSSR count). The Morgan fingerprint density at radius 3 is 2.76 bits per heavy atom. The van der Waals surface area contributed by atoms with Gasteiger partial charge in [-0.25, -0.2) is 0 Å². The minimum Gasteiger partial charge on any atom is -0.354 e. The molecule has 0 aliphatic carbocycles. The van der Waals surface area contributed by atoms with Crippen molar-refractivity contribution in [2.75, 3.05) is 6.54 Å². The van der Waals surface area contributed by atoms with E-state index in [2.05, 4.69) is 24.3 Å². The van der Waals surface area contributed by atoms with Gasteiger partial charge in [0.1, 0.15) is 6.54 Å². The number of amides is 1. The summed E-state index contributed by atoms with van der Waals surface area (Å²) in [4.78, 5) is 11.6. The number of nitrogens with zero attached hydrogens (tertiary/aromatic N) is 2. The second kappa shape index (κ2) is 6.39. The molecule has 0 aromatic carbocycles. The molecular weight excluding hydrogens is 216 g/mol. The van der Waals surface area contributed by atoms with Crippen LogP contribution in [-0.2, 0) is 11.3 Å². The highest BCUT2D eigenvalue weighted by Crippen LogP contribution is 2.06. The zero-order valence-electron chi connectivity index (χ0n) is 10.8. The Hall–Kier alpha value is -1.36. The molecule has 0 bridgehead atoms. The first-order valence-corrected chi connectivity index (χ1v) is 6.03. The summed E-state index contributed by atoms with van der Waals surface area (Å²) in [5.74, 6) is 0.592. The molecule has 0 unspecified atom stereocenters. The molecule has 1 heterocycles. The highest BCUT2D eigenvalue weighted by Gasteiger charge is 2.06. The van der Waals surface area contributed by atoms with Crippen molar-refractivity contribution in [1.82, 2.24) is 15.1 Å². The molecule has 5 nitrogen and oxygen atoms in total. The minimum absolute atomic E-state index is 0.00928. The molecule has 96 valence electrons. The SMILES string of the molecule is CC(C)CCNC(=O)Cn1cc([C@@H](C)N)cn1. The second-order valence-electron chi connectivity index (χ2n) is 4.79. The predicted molar refractivity (Wildman–Crippen MR) is 67.3 cm³/mol. The van der Waals surface area contributed by atoms with Crippen LogP contribution in [0.25, 0.3) is 0 Å². The van der Waals surface area contributed by atoms with Crippen molar-refractivity contribution in [3.05, 3.63) is 18.0 Å². The Morgan fingerprint density at radius 1 is 1.53 bits per heavy atom. The van der Waals surface area contributed by atoms with Gasteiger partial charge in [-0.3, -0.25) is 9.48 Å². The van der Waals surface area contributed by atoms with Gasteiger partial charge >= 0.3 is 0 Å². The summed E-state index contributed by atoms with van der Waals surface area (Å²) in [6, 6.07) is -0.0484. The van der Waals surface area contributed by atoms with E-state index < -0.39 is 0 Å². The monoisotopic (exact) mass is 238 g/mol. The maximum absolute atomic E-state index is 11.6. The fourth-order valence-corrected chi connectivity index (χ4v) is 1.40. The summed E-state index contributed by atoms with van der Waals surface area (Å²) in [5.41, 5.74) is 6.66. The summed E-state index contributed by atoms with van der Waals surface area (Å²) < 4.78 is 1.61. The van der Waals surface area contributed by atoms with Gasteiger partial charge in [0, 0.05) is 24.3 Å². The van der Waals surface area contributed by atoms with Crippen LogP contribution >= 0.6 is 0 Å². The van der Waals surface area contributed by atoms with E-state index in [0.29, 0.717) is 5.92 Å². The summed E-state index contributed by atoms with van der Waals surface area (Å²) in [6.45, 7) is 7.13. The topological polar surface area (TPSA) is 72.9 Å². The predicted octanol–water partition coefficient (Wildman–Crippen LogP) is 1.07. The third kappa shape index (κ3) is 4.99. The van der Waals surface area contributed by atoms with E-state index in [9.17, 15) is 4.79 Å². The molecule has 0 aliphatic rings. The Balaban J connectivity index is 2.34. The van der Waals surface area contributed by atoms with Gasteiger partial charge in [0.05, 0.1) is 6.20 Å². The first-order chi connectivity index (χ1) is 7.99. The summed E-state index contributed by atoms with van der Waals surface area (Å²) in [6.07, 6.45) is 4.51. The Bertz CT molecular complexity index is 357. The third-order valence-corrected chi connectivity index (χ3v) is 2.53. The van der Waals surface area contributed by atoms with E-state index in [1.165, 1.54) is 0 Å². The van der Waals surface area contributed by atoms with Crippen LogP contribution in [0, 0.1) is 5.92 Å². The second-order valence-corrected chi connectivity index (χ2v) is 4.79. The standard InChI is InChI=1S/C12H22N4O/c1-9(2)4-5-14-12(17)8-16-7-11(6-15-16)10(3)13/h6-7,9-10H,4-5,8,13H2,1-3H3,(H,14,17)/t10-/m1/s1. The minimum atomic E-state index is -0.0484. The molecule has 0 fully saturated rings. The molecule has 1 atom stereocenters. The molecule has 0 saturated carbocycles. The molecule has 0 radical (unpaired) electrons. The molecule has 1 aromatic rings. The molecule has 3 N–H and O–H groups in total. The average molecular weight is 238 g/mol. The van der Waals surface area contributed by atoms with Crippen LogP contribution in [0.4, 0.5) is 0 Å². The van der Waals surface area contributed by atoms with Gasteiger partial charge in [-0.1, -0.05) is 13.8 Å². The highest BCUT2D eigenvalue weighted by molar-refractivity contribution is 5.75. The Morgan fingerprint density at radius 2 is 2.24 bits per heavy atom. The zero-order valence-corrected chi connectivity index (χ0v) is 10.8. The lowest BCUT2D eigenvalue weighted by Crippen LogP contribution is -2.29. The number of carbonyl (C=O) groups excluding carboxylic acids is 1. The van der Waals surface area contributed by atoms with E-state index >= 15 is 0 Å². The van der Waals surface area contributed by atoms with Crippen LogP contribution in [0.2, 0.25) is 0 Å². The number of nitrogens with two attached hydrogens (primary N) is 1. The van der Waals surface area contributed by atoms with Crippen LogP contribution in [-0.4, -0.2) is 22.2 Å². The van der Waals surface area contributed by atoms with Crippen LogP contribution in [0.3, 0.4) is 0 Å². The van der Waals surface area contributed by atoms with Crippen molar-refractivity contribution in [3.63, 3.8) is 0 Å². The Labute approximate surface area is 102 Å². The van der Waals surface area contributed by atoms with Gasteiger partial charge in [-0.15, -0.1) is 0 Å². The van der Waals surface area contributed by atoms with E-state index in [1.807, 2.05) is 13.1 Å². The molecule has 1 aromatic heterocycles. The van der Waals surface area contributed by atoms with Crippen LogP contribution in [0.15, 0.2) is 12.4 Å². The van der Waals surface area contributed by atoms with Gasteiger partial charge in [-0.05, 0) is 19.3 Å². The lowest BCUT2D eigenvalue weighted by Gasteiger charge is -2.07. The van der Waals surface area contributed by atoms with E-state index in [1.54, 1.807) is 10.9 Å². The van der Waals surface area contributed by atoms with Crippen molar-refractivity contribution in [3.8, 4) is 0 Å². The largest absolute Gasteiger partial charge is 0.354 e. The normalized spacial score (nSPS) is 12.8. The first-order valence-electron chi connectivity index (χ1n) is 6.03. The summed E-state index contributed by atoms with van der Waals surface area (Å²) >= 11 is 0. The van der Waals surface area contributed by atoms with E-state index in [4.69, 9.17) is 5.73 Å². The number of nitrogens with one attached hydrogen (secondary N) is 1. The van der Waals surface area contributed by atoms with Crippen LogP contribution in [0.5, 0.6) is 0 Å². The van der Waals surface area contributed by atoms with Gasteiger partial charge in [0.2, 0.25) is 5.91 Å². The smallest absolute Gasteiger partial charge is 0.241 e. The van der Waals surface area contributed by atoms with Crippen LogP contribution in [0.1, 0.15) is 38.8 Å². The van der Waals surface area contributed by atoms with Gasteiger partial charge in [0.15, 0.2) is 0 Å². The molecule has 1 amide bonds. The third-order valence-electron chi connectivity index (χ3n) is 2.53. The molecule has 0 aliphatic heterocycles.